The van der Waals surface area contributed by atoms with Gasteiger partial charge in [-0.1, -0.05) is 24.3 Å². The summed E-state index contributed by atoms with van der Waals surface area (Å²) in [4.78, 5) is 4.47. The number of halogens is 4. The minimum atomic E-state index is -4.36. The highest BCUT2D eigenvalue weighted by molar-refractivity contribution is 14.0. The summed E-state index contributed by atoms with van der Waals surface area (Å²) in [5, 5.41) is 6.36. The number of rotatable bonds is 8. The third-order valence-electron chi connectivity index (χ3n) is 3.68. The molecule has 0 aliphatic carbocycles. The second-order valence-electron chi connectivity index (χ2n) is 5.95. The smallest absolute Gasteiger partial charge is 0.422 e. The van der Waals surface area contributed by atoms with E-state index in [1.165, 1.54) is 6.07 Å². The van der Waals surface area contributed by atoms with Crippen LogP contribution in [0.3, 0.4) is 0 Å². The Morgan fingerprint density at radius 2 is 1.72 bits per heavy atom. The van der Waals surface area contributed by atoms with Crippen LogP contribution in [0.4, 0.5) is 13.2 Å². The van der Waals surface area contributed by atoms with E-state index < -0.39 is 12.8 Å². The van der Waals surface area contributed by atoms with E-state index in [1.807, 2.05) is 31.2 Å². The van der Waals surface area contributed by atoms with Crippen molar-refractivity contribution in [3.8, 4) is 11.5 Å². The van der Waals surface area contributed by atoms with Crippen LogP contribution in [0.2, 0.25) is 0 Å². The van der Waals surface area contributed by atoms with Gasteiger partial charge < -0.3 is 20.1 Å². The lowest BCUT2D eigenvalue weighted by Gasteiger charge is -2.12. The molecule has 0 spiro atoms. The maximum absolute atomic E-state index is 12.3. The first-order valence-corrected chi connectivity index (χ1v) is 8.83. The van der Waals surface area contributed by atoms with E-state index in [9.17, 15) is 13.2 Å². The van der Waals surface area contributed by atoms with Gasteiger partial charge >= 0.3 is 6.18 Å². The van der Waals surface area contributed by atoms with Gasteiger partial charge in [-0.2, -0.15) is 13.2 Å². The van der Waals surface area contributed by atoms with Crippen LogP contribution in [0.25, 0.3) is 0 Å². The summed E-state index contributed by atoms with van der Waals surface area (Å²) in [6.07, 6.45) is -4.36. The van der Waals surface area contributed by atoms with Gasteiger partial charge in [-0.05, 0) is 42.3 Å². The highest BCUT2D eigenvalue weighted by atomic mass is 127. The quantitative estimate of drug-likeness (QED) is 0.304. The van der Waals surface area contributed by atoms with Crippen LogP contribution in [-0.2, 0) is 13.1 Å². The molecule has 5 nitrogen and oxygen atoms in total. The number of nitrogens with zero attached hydrogens (tertiary/aromatic N) is 1. The van der Waals surface area contributed by atoms with E-state index in [4.69, 9.17) is 9.47 Å². The van der Waals surface area contributed by atoms with Gasteiger partial charge in [0.05, 0.1) is 13.7 Å². The Labute approximate surface area is 185 Å². The fourth-order valence-corrected chi connectivity index (χ4v) is 2.34. The lowest BCUT2D eigenvalue weighted by molar-refractivity contribution is -0.153. The minimum absolute atomic E-state index is 0. The summed E-state index contributed by atoms with van der Waals surface area (Å²) >= 11 is 0. The molecule has 0 aromatic heterocycles. The summed E-state index contributed by atoms with van der Waals surface area (Å²) in [7, 11) is 1.62. The Balaban J connectivity index is 0.00000420. The number of nitrogens with one attached hydrogen (secondary N) is 2. The molecule has 0 aliphatic rings. The lowest BCUT2D eigenvalue weighted by Crippen LogP contribution is -2.36. The number of hydrogen-bond acceptors (Lipinski definition) is 3. The van der Waals surface area contributed by atoms with Crippen LogP contribution in [0, 0.1) is 0 Å². The third-order valence-corrected chi connectivity index (χ3v) is 3.68. The van der Waals surface area contributed by atoms with E-state index in [2.05, 4.69) is 15.6 Å². The Morgan fingerprint density at radius 3 is 2.34 bits per heavy atom. The lowest BCUT2D eigenvalue weighted by atomic mass is 10.2. The van der Waals surface area contributed by atoms with Crippen molar-refractivity contribution in [1.82, 2.24) is 10.6 Å². The zero-order valence-electron chi connectivity index (χ0n) is 16.3. The maximum atomic E-state index is 12.3. The largest absolute Gasteiger partial charge is 0.497 e. The maximum Gasteiger partial charge on any atom is 0.422 e. The Kier molecular flexibility index (Phi) is 10.6. The van der Waals surface area contributed by atoms with Gasteiger partial charge in [-0.25, -0.2) is 4.99 Å². The molecule has 2 N–H and O–H groups in total. The average Bonchev–Trinajstić information content (AvgIpc) is 2.69. The molecule has 2 rings (SSSR count). The number of guanidine groups is 1. The molecule has 0 radical (unpaired) electrons. The number of alkyl halides is 3. The molecular formula is C20H25F3IN3O2. The summed E-state index contributed by atoms with van der Waals surface area (Å²) in [6, 6.07) is 14.2. The molecule has 160 valence electrons. The van der Waals surface area contributed by atoms with Crippen molar-refractivity contribution in [2.75, 3.05) is 20.3 Å². The van der Waals surface area contributed by atoms with Crippen molar-refractivity contribution in [3.05, 3.63) is 59.7 Å². The fraction of sp³-hybridized carbons (Fsp3) is 0.350. The van der Waals surface area contributed by atoms with Gasteiger partial charge in [-0.15, -0.1) is 24.0 Å². The van der Waals surface area contributed by atoms with Gasteiger partial charge in [0.25, 0.3) is 0 Å². The summed E-state index contributed by atoms with van der Waals surface area (Å²) < 4.78 is 46.7. The molecule has 0 fully saturated rings. The average molecular weight is 523 g/mol. The highest BCUT2D eigenvalue weighted by Crippen LogP contribution is 2.19. The zero-order valence-corrected chi connectivity index (χ0v) is 18.6. The number of methoxy groups -OCH3 is 1. The molecule has 0 heterocycles. The van der Waals surface area contributed by atoms with Crippen molar-refractivity contribution in [3.63, 3.8) is 0 Å². The summed E-state index contributed by atoms with van der Waals surface area (Å²) in [6.45, 7) is 2.21. The molecular weight excluding hydrogens is 498 g/mol. The van der Waals surface area contributed by atoms with Crippen LogP contribution in [0.5, 0.6) is 11.5 Å². The highest BCUT2D eigenvalue weighted by Gasteiger charge is 2.28. The third kappa shape index (κ3) is 9.73. The van der Waals surface area contributed by atoms with E-state index >= 15 is 0 Å². The predicted octanol–water partition coefficient (Wildman–Crippen LogP) is 4.51. The summed E-state index contributed by atoms with van der Waals surface area (Å²) in [5.74, 6) is 1.57. The van der Waals surface area contributed by atoms with Crippen LogP contribution in [0.15, 0.2) is 53.5 Å². The topological polar surface area (TPSA) is 54.9 Å². The van der Waals surface area contributed by atoms with Crippen molar-refractivity contribution in [1.29, 1.82) is 0 Å². The number of ether oxygens (including phenoxy) is 2. The molecule has 2 aromatic rings. The van der Waals surface area contributed by atoms with Gasteiger partial charge in [0.15, 0.2) is 12.6 Å². The Bertz CT molecular complexity index is 768. The second kappa shape index (κ2) is 12.4. The van der Waals surface area contributed by atoms with E-state index in [0.717, 1.165) is 16.9 Å². The molecule has 0 atom stereocenters. The van der Waals surface area contributed by atoms with Gasteiger partial charge in [0.1, 0.15) is 11.5 Å². The SMILES string of the molecule is CCNC(=NCc1cccc(OCC(F)(F)F)c1)NCc1ccc(OC)cc1.I. The molecule has 0 amide bonds. The molecule has 0 aliphatic heterocycles. The summed E-state index contributed by atoms with van der Waals surface area (Å²) in [5.41, 5.74) is 1.82. The second-order valence-corrected chi connectivity index (χ2v) is 5.95. The van der Waals surface area contributed by atoms with E-state index in [0.29, 0.717) is 25.6 Å². The first kappa shape index (κ1) is 24.9. The standard InChI is InChI=1S/C20H24F3N3O2.HI/c1-3-24-19(25-12-15-7-9-17(27-2)10-8-15)26-13-16-5-4-6-18(11-16)28-14-20(21,22)23;/h4-11H,3,12-14H2,1-2H3,(H2,24,25,26);1H. The van der Waals surface area contributed by atoms with Crippen molar-refractivity contribution < 1.29 is 22.6 Å². The van der Waals surface area contributed by atoms with Gasteiger partial charge in [-0.3, -0.25) is 0 Å². The van der Waals surface area contributed by atoms with Crippen LogP contribution < -0.4 is 20.1 Å². The molecule has 29 heavy (non-hydrogen) atoms. The molecule has 0 unspecified atom stereocenters. The van der Waals surface area contributed by atoms with Crippen LogP contribution >= 0.6 is 24.0 Å². The molecule has 9 heteroatoms. The van der Waals surface area contributed by atoms with Gasteiger partial charge in [0, 0.05) is 13.1 Å². The van der Waals surface area contributed by atoms with Gasteiger partial charge in [0.2, 0.25) is 0 Å². The Morgan fingerprint density at radius 1 is 1.00 bits per heavy atom. The first-order valence-electron chi connectivity index (χ1n) is 8.83. The number of benzene rings is 2. The molecule has 0 saturated heterocycles. The molecule has 0 bridgehead atoms. The predicted molar refractivity (Wildman–Crippen MR) is 118 cm³/mol. The first-order chi connectivity index (χ1) is 13.4. The zero-order chi connectivity index (χ0) is 20.4. The normalized spacial score (nSPS) is 11.4. The van der Waals surface area contributed by atoms with Crippen LogP contribution in [-0.4, -0.2) is 32.4 Å². The minimum Gasteiger partial charge on any atom is -0.497 e. The monoisotopic (exact) mass is 523 g/mol. The van der Waals surface area contributed by atoms with Crippen molar-refractivity contribution in [2.24, 2.45) is 4.99 Å². The number of hydrogen-bond donors (Lipinski definition) is 2. The fourth-order valence-electron chi connectivity index (χ4n) is 2.34. The van der Waals surface area contributed by atoms with Crippen molar-refractivity contribution >= 4 is 29.9 Å². The van der Waals surface area contributed by atoms with E-state index in [1.54, 1.807) is 25.3 Å². The van der Waals surface area contributed by atoms with Crippen molar-refractivity contribution in [2.45, 2.75) is 26.2 Å². The Hall–Kier alpha value is -2.17. The number of aliphatic imine (C=N–C) groups is 1. The molecule has 0 saturated carbocycles. The molecule has 2 aromatic carbocycles. The van der Waals surface area contributed by atoms with Crippen LogP contribution in [0.1, 0.15) is 18.1 Å². The van der Waals surface area contributed by atoms with E-state index in [-0.39, 0.29) is 29.7 Å².